The highest BCUT2D eigenvalue weighted by molar-refractivity contribution is 5.67. The van der Waals surface area contributed by atoms with E-state index in [1.807, 2.05) is 48.5 Å². The van der Waals surface area contributed by atoms with E-state index < -0.39 is 0 Å². The Morgan fingerprint density at radius 1 is 1.07 bits per heavy atom. The number of amides is 1. The molecule has 2 atom stereocenters. The van der Waals surface area contributed by atoms with Crippen molar-refractivity contribution in [2.75, 3.05) is 20.2 Å². The van der Waals surface area contributed by atoms with Crippen molar-refractivity contribution >= 4 is 6.09 Å². The second-order valence-corrected chi connectivity index (χ2v) is 6.95. The molecular formula is C22H27NO4. The summed E-state index contributed by atoms with van der Waals surface area (Å²) in [6.45, 7) is 5.44. The van der Waals surface area contributed by atoms with Crippen LogP contribution < -0.4 is 4.74 Å². The lowest BCUT2D eigenvalue weighted by Gasteiger charge is -2.37. The van der Waals surface area contributed by atoms with Crippen LogP contribution in [-0.4, -0.2) is 43.4 Å². The number of rotatable bonds is 5. The summed E-state index contributed by atoms with van der Waals surface area (Å²) in [5.41, 5.74) is 3.37. The Bertz CT molecular complexity index is 762. The molecule has 1 saturated heterocycles. The second kappa shape index (κ2) is 8.91. The standard InChI is InChI=1S/C22H27NO4/c1-16-9-10-19(13-17(16)2)27-21-14-23(12-11-20(21)25-3)22(24)26-15-18-7-5-4-6-8-18/h4-10,13,20-21H,11-12,14-15H2,1-3H3/t20-,21-/m0/s1. The van der Waals surface area contributed by atoms with Gasteiger partial charge >= 0.3 is 6.09 Å². The van der Waals surface area contributed by atoms with Crippen LogP contribution in [0, 0.1) is 13.8 Å². The SMILES string of the molecule is CO[C@H]1CCN(C(=O)OCc2ccccc2)C[C@@H]1Oc1ccc(C)c(C)c1. The molecule has 144 valence electrons. The maximum Gasteiger partial charge on any atom is 0.410 e. The Balaban J connectivity index is 1.61. The van der Waals surface area contributed by atoms with E-state index in [1.54, 1.807) is 12.0 Å². The molecule has 1 aliphatic rings. The lowest BCUT2D eigenvalue weighted by Crippen LogP contribution is -2.52. The van der Waals surface area contributed by atoms with Crippen molar-refractivity contribution in [3.8, 4) is 5.75 Å². The average Bonchev–Trinajstić information content (AvgIpc) is 2.69. The molecule has 0 unspecified atom stereocenters. The van der Waals surface area contributed by atoms with Gasteiger partial charge < -0.3 is 19.1 Å². The summed E-state index contributed by atoms with van der Waals surface area (Å²) in [6.07, 6.45) is 0.119. The monoisotopic (exact) mass is 369 g/mol. The molecule has 2 aromatic rings. The molecule has 5 nitrogen and oxygen atoms in total. The summed E-state index contributed by atoms with van der Waals surface area (Å²) in [5.74, 6) is 0.796. The molecule has 1 heterocycles. The molecule has 1 amide bonds. The molecule has 2 aromatic carbocycles. The molecule has 5 heteroatoms. The molecule has 0 aromatic heterocycles. The third-order valence-electron chi connectivity index (χ3n) is 5.03. The van der Waals surface area contributed by atoms with E-state index in [2.05, 4.69) is 13.8 Å². The summed E-state index contributed by atoms with van der Waals surface area (Å²) in [5, 5.41) is 0. The quantitative estimate of drug-likeness (QED) is 0.796. The van der Waals surface area contributed by atoms with Gasteiger partial charge in [0.05, 0.1) is 12.6 Å². The number of carbonyl (C=O) groups is 1. The molecule has 0 saturated carbocycles. The first-order valence-corrected chi connectivity index (χ1v) is 9.29. The topological polar surface area (TPSA) is 48.0 Å². The average molecular weight is 369 g/mol. The second-order valence-electron chi connectivity index (χ2n) is 6.95. The zero-order valence-electron chi connectivity index (χ0n) is 16.2. The van der Waals surface area contributed by atoms with Crippen LogP contribution >= 0.6 is 0 Å². The van der Waals surface area contributed by atoms with Crippen molar-refractivity contribution in [1.82, 2.24) is 4.90 Å². The van der Waals surface area contributed by atoms with Gasteiger partial charge in [-0.05, 0) is 49.1 Å². The van der Waals surface area contributed by atoms with Gasteiger partial charge in [-0.3, -0.25) is 0 Å². The number of ether oxygens (including phenoxy) is 3. The summed E-state index contributed by atoms with van der Waals surface area (Å²) in [7, 11) is 1.69. The van der Waals surface area contributed by atoms with Gasteiger partial charge in [0.15, 0.2) is 0 Å². The van der Waals surface area contributed by atoms with Crippen molar-refractivity contribution in [3.63, 3.8) is 0 Å². The fourth-order valence-corrected chi connectivity index (χ4v) is 3.22. The maximum absolute atomic E-state index is 12.5. The minimum absolute atomic E-state index is 0.0511. The number of benzene rings is 2. The minimum Gasteiger partial charge on any atom is -0.486 e. The van der Waals surface area contributed by atoms with E-state index in [1.165, 1.54) is 11.1 Å². The van der Waals surface area contributed by atoms with Crippen molar-refractivity contribution in [2.45, 2.75) is 39.1 Å². The van der Waals surface area contributed by atoms with Crippen LogP contribution in [0.4, 0.5) is 4.79 Å². The summed E-state index contributed by atoms with van der Waals surface area (Å²) in [6, 6.07) is 15.7. The summed E-state index contributed by atoms with van der Waals surface area (Å²) >= 11 is 0. The molecule has 27 heavy (non-hydrogen) atoms. The van der Waals surface area contributed by atoms with E-state index >= 15 is 0 Å². The number of nitrogens with zero attached hydrogens (tertiary/aromatic N) is 1. The van der Waals surface area contributed by atoms with Crippen molar-refractivity contribution < 1.29 is 19.0 Å². The molecule has 0 spiro atoms. The number of aryl methyl sites for hydroxylation is 2. The van der Waals surface area contributed by atoms with E-state index in [-0.39, 0.29) is 24.9 Å². The van der Waals surface area contributed by atoms with E-state index in [0.29, 0.717) is 19.5 Å². The molecule has 0 aliphatic carbocycles. The predicted octanol–water partition coefficient (Wildman–Crippen LogP) is 4.11. The maximum atomic E-state index is 12.5. The molecule has 0 N–H and O–H groups in total. The first-order chi connectivity index (χ1) is 13.1. The van der Waals surface area contributed by atoms with Crippen LogP contribution in [0.25, 0.3) is 0 Å². The van der Waals surface area contributed by atoms with E-state index in [0.717, 1.165) is 11.3 Å². The largest absolute Gasteiger partial charge is 0.486 e. The predicted molar refractivity (Wildman–Crippen MR) is 104 cm³/mol. The zero-order chi connectivity index (χ0) is 19.2. The molecule has 3 rings (SSSR count). The number of piperidine rings is 1. The smallest absolute Gasteiger partial charge is 0.410 e. The van der Waals surface area contributed by atoms with Gasteiger partial charge in [-0.25, -0.2) is 4.79 Å². The van der Waals surface area contributed by atoms with Crippen molar-refractivity contribution in [1.29, 1.82) is 0 Å². The first kappa shape index (κ1) is 19.2. The van der Waals surface area contributed by atoms with Gasteiger partial charge in [0.1, 0.15) is 18.5 Å². The first-order valence-electron chi connectivity index (χ1n) is 9.29. The van der Waals surface area contributed by atoms with Crippen LogP contribution in [0.15, 0.2) is 48.5 Å². The lowest BCUT2D eigenvalue weighted by molar-refractivity contribution is -0.0462. The van der Waals surface area contributed by atoms with Crippen LogP contribution in [0.3, 0.4) is 0 Å². The molecule has 0 bridgehead atoms. The van der Waals surface area contributed by atoms with E-state index in [4.69, 9.17) is 14.2 Å². The lowest BCUT2D eigenvalue weighted by atomic mass is 10.0. The van der Waals surface area contributed by atoms with Crippen LogP contribution in [0.5, 0.6) is 5.75 Å². The van der Waals surface area contributed by atoms with Gasteiger partial charge in [0, 0.05) is 13.7 Å². The molecule has 0 radical (unpaired) electrons. The Morgan fingerprint density at radius 3 is 2.56 bits per heavy atom. The Morgan fingerprint density at radius 2 is 1.85 bits per heavy atom. The third kappa shape index (κ3) is 5.01. The Hall–Kier alpha value is -2.53. The number of hydrogen-bond donors (Lipinski definition) is 0. The van der Waals surface area contributed by atoms with Gasteiger partial charge in [0.25, 0.3) is 0 Å². The van der Waals surface area contributed by atoms with Gasteiger partial charge in [0.2, 0.25) is 0 Å². The fourth-order valence-electron chi connectivity index (χ4n) is 3.22. The fraction of sp³-hybridized carbons (Fsp3) is 0.409. The van der Waals surface area contributed by atoms with Crippen LogP contribution in [0.2, 0.25) is 0 Å². The third-order valence-corrected chi connectivity index (χ3v) is 5.03. The van der Waals surface area contributed by atoms with Crippen molar-refractivity contribution in [2.24, 2.45) is 0 Å². The minimum atomic E-state index is -0.318. The normalized spacial score (nSPS) is 19.6. The highest BCUT2D eigenvalue weighted by Gasteiger charge is 2.34. The van der Waals surface area contributed by atoms with Crippen molar-refractivity contribution in [3.05, 3.63) is 65.2 Å². The zero-order valence-corrected chi connectivity index (χ0v) is 16.2. The number of carbonyl (C=O) groups excluding carboxylic acids is 1. The Labute approximate surface area is 160 Å². The van der Waals surface area contributed by atoms with Gasteiger partial charge in [-0.15, -0.1) is 0 Å². The molecule has 1 aliphatic heterocycles. The van der Waals surface area contributed by atoms with Crippen LogP contribution in [0.1, 0.15) is 23.1 Å². The summed E-state index contributed by atoms with van der Waals surface area (Å²) < 4.78 is 17.2. The molecular weight excluding hydrogens is 342 g/mol. The van der Waals surface area contributed by atoms with E-state index in [9.17, 15) is 4.79 Å². The number of methoxy groups -OCH3 is 1. The van der Waals surface area contributed by atoms with Gasteiger partial charge in [-0.2, -0.15) is 0 Å². The number of likely N-dealkylation sites (tertiary alicyclic amines) is 1. The van der Waals surface area contributed by atoms with Gasteiger partial charge in [-0.1, -0.05) is 36.4 Å². The highest BCUT2D eigenvalue weighted by atomic mass is 16.6. The highest BCUT2D eigenvalue weighted by Crippen LogP contribution is 2.23. The van der Waals surface area contributed by atoms with Crippen LogP contribution in [-0.2, 0) is 16.1 Å². The number of hydrogen-bond acceptors (Lipinski definition) is 4. The Kier molecular flexibility index (Phi) is 6.35. The molecule has 1 fully saturated rings. The summed E-state index contributed by atoms with van der Waals surface area (Å²) in [4.78, 5) is 14.2.